The van der Waals surface area contributed by atoms with Crippen molar-refractivity contribution in [3.8, 4) is 0 Å². The zero-order chi connectivity index (χ0) is 16.7. The molecule has 1 aromatic rings. The minimum Gasteiger partial charge on any atom is -0.356 e. The van der Waals surface area contributed by atoms with E-state index in [1.54, 1.807) is 0 Å². The van der Waals surface area contributed by atoms with Gasteiger partial charge in [-0.15, -0.1) is 0 Å². The van der Waals surface area contributed by atoms with Crippen LogP contribution in [0.2, 0.25) is 0 Å². The maximum atomic E-state index is 4.37. The van der Waals surface area contributed by atoms with Crippen molar-refractivity contribution in [1.29, 1.82) is 0 Å². The number of nitrogens with one attached hydrogen (secondary N) is 2. The Morgan fingerprint density at radius 2 is 2.00 bits per heavy atom. The molecule has 2 N–H and O–H groups in total. The van der Waals surface area contributed by atoms with Gasteiger partial charge in [0.05, 0.1) is 6.04 Å². The van der Waals surface area contributed by atoms with Gasteiger partial charge in [0.1, 0.15) is 0 Å². The summed E-state index contributed by atoms with van der Waals surface area (Å²) in [6.07, 6.45) is 2.61. The highest BCUT2D eigenvalue weighted by molar-refractivity contribution is 5.80. The van der Waals surface area contributed by atoms with Crippen LogP contribution in [-0.2, 0) is 0 Å². The number of likely N-dealkylation sites (tertiary alicyclic amines) is 1. The van der Waals surface area contributed by atoms with Gasteiger partial charge in [-0.05, 0) is 51.6 Å². The van der Waals surface area contributed by atoms with Gasteiger partial charge >= 0.3 is 0 Å². The molecule has 0 radical (unpaired) electrons. The first kappa shape index (κ1) is 17.8. The number of benzene rings is 1. The van der Waals surface area contributed by atoms with Gasteiger partial charge < -0.3 is 15.5 Å². The maximum absolute atomic E-state index is 4.37. The number of nitrogens with zero attached hydrogens (tertiary/aromatic N) is 2. The van der Waals surface area contributed by atoms with Crippen molar-refractivity contribution in [3.05, 3.63) is 35.9 Å². The van der Waals surface area contributed by atoms with Gasteiger partial charge in [0.15, 0.2) is 5.96 Å². The fraction of sp³-hybridized carbons (Fsp3) is 0.632. The van der Waals surface area contributed by atoms with E-state index in [4.69, 9.17) is 0 Å². The van der Waals surface area contributed by atoms with Crippen LogP contribution in [-0.4, -0.2) is 43.6 Å². The van der Waals surface area contributed by atoms with Crippen molar-refractivity contribution >= 4 is 5.96 Å². The van der Waals surface area contributed by atoms with Crippen molar-refractivity contribution in [2.24, 2.45) is 10.9 Å². The van der Waals surface area contributed by atoms with Gasteiger partial charge in [-0.1, -0.05) is 30.3 Å². The van der Waals surface area contributed by atoms with E-state index in [1.807, 2.05) is 13.1 Å². The Balaban J connectivity index is 1.81. The van der Waals surface area contributed by atoms with Crippen molar-refractivity contribution in [3.63, 3.8) is 0 Å². The molecule has 23 heavy (non-hydrogen) atoms. The van der Waals surface area contributed by atoms with Crippen molar-refractivity contribution in [2.75, 3.05) is 26.7 Å². The zero-order valence-corrected chi connectivity index (χ0v) is 15.0. The first-order valence-corrected chi connectivity index (χ1v) is 8.86. The minimum absolute atomic E-state index is 0.251. The van der Waals surface area contributed by atoms with Crippen LogP contribution in [0.1, 0.15) is 45.2 Å². The normalized spacial score (nSPS) is 21.3. The van der Waals surface area contributed by atoms with Crippen molar-refractivity contribution in [2.45, 2.75) is 45.7 Å². The summed E-state index contributed by atoms with van der Waals surface area (Å²) in [6.45, 7) is 10.2. The molecule has 1 aliphatic heterocycles. The Hall–Kier alpha value is -1.55. The van der Waals surface area contributed by atoms with Crippen LogP contribution in [0.15, 0.2) is 35.3 Å². The molecule has 0 bridgehead atoms. The molecule has 0 aliphatic carbocycles. The summed E-state index contributed by atoms with van der Waals surface area (Å²) >= 11 is 0. The van der Waals surface area contributed by atoms with Crippen LogP contribution < -0.4 is 10.6 Å². The van der Waals surface area contributed by atoms with Crippen molar-refractivity contribution in [1.82, 2.24) is 15.5 Å². The first-order chi connectivity index (χ1) is 11.1. The fourth-order valence-corrected chi connectivity index (χ4v) is 3.20. The van der Waals surface area contributed by atoms with Gasteiger partial charge in [0.25, 0.3) is 0 Å². The van der Waals surface area contributed by atoms with Crippen LogP contribution in [0.4, 0.5) is 0 Å². The molecule has 2 unspecified atom stereocenters. The van der Waals surface area contributed by atoms with Gasteiger partial charge in [0, 0.05) is 26.2 Å². The summed E-state index contributed by atoms with van der Waals surface area (Å²) in [5.74, 6) is 1.60. The second-order valence-electron chi connectivity index (χ2n) is 6.83. The lowest BCUT2D eigenvalue weighted by molar-refractivity contribution is 0.141. The van der Waals surface area contributed by atoms with Crippen molar-refractivity contribution < 1.29 is 0 Å². The molecule has 0 amide bonds. The second-order valence-corrected chi connectivity index (χ2v) is 6.83. The summed E-state index contributed by atoms with van der Waals surface area (Å²) in [5, 5.41) is 6.99. The molecule has 4 nitrogen and oxygen atoms in total. The third kappa shape index (κ3) is 5.54. The predicted molar refractivity (Wildman–Crippen MR) is 98.8 cm³/mol. The summed E-state index contributed by atoms with van der Waals surface area (Å²) in [4.78, 5) is 6.95. The summed E-state index contributed by atoms with van der Waals surface area (Å²) in [7, 11) is 1.84. The lowest BCUT2D eigenvalue weighted by Gasteiger charge is -2.35. The van der Waals surface area contributed by atoms with Crippen LogP contribution in [0, 0.1) is 5.92 Å². The topological polar surface area (TPSA) is 39.7 Å². The third-order valence-corrected chi connectivity index (χ3v) is 4.72. The fourth-order valence-electron chi connectivity index (χ4n) is 3.20. The van der Waals surface area contributed by atoms with E-state index < -0.39 is 0 Å². The van der Waals surface area contributed by atoms with E-state index in [2.05, 4.69) is 65.6 Å². The molecular formula is C19H32N4. The Kier molecular flexibility index (Phi) is 6.90. The number of hydrogen-bond acceptors (Lipinski definition) is 2. The van der Waals surface area contributed by atoms with E-state index in [-0.39, 0.29) is 6.04 Å². The van der Waals surface area contributed by atoms with Gasteiger partial charge in [0.2, 0.25) is 0 Å². The molecule has 128 valence electrons. The van der Waals surface area contributed by atoms with E-state index in [9.17, 15) is 0 Å². The quantitative estimate of drug-likeness (QED) is 0.648. The monoisotopic (exact) mass is 316 g/mol. The number of rotatable bonds is 5. The highest BCUT2D eigenvalue weighted by atomic mass is 15.2. The van der Waals surface area contributed by atoms with E-state index in [1.165, 1.54) is 31.5 Å². The van der Waals surface area contributed by atoms with Gasteiger partial charge in [-0.2, -0.15) is 0 Å². The molecule has 4 heteroatoms. The Labute approximate surface area is 141 Å². The number of hydrogen-bond donors (Lipinski definition) is 2. The van der Waals surface area contributed by atoms with E-state index in [0.29, 0.717) is 12.0 Å². The smallest absolute Gasteiger partial charge is 0.191 e. The summed E-state index contributed by atoms with van der Waals surface area (Å²) in [6, 6.07) is 11.4. The molecule has 0 saturated carbocycles. The van der Waals surface area contributed by atoms with Gasteiger partial charge in [-0.3, -0.25) is 4.99 Å². The van der Waals surface area contributed by atoms with Crippen LogP contribution >= 0.6 is 0 Å². The molecule has 1 saturated heterocycles. The molecule has 2 atom stereocenters. The van der Waals surface area contributed by atoms with Gasteiger partial charge in [-0.25, -0.2) is 0 Å². The molecule has 1 heterocycles. The largest absolute Gasteiger partial charge is 0.356 e. The van der Waals surface area contributed by atoms with Crippen LogP contribution in [0.25, 0.3) is 0 Å². The number of aliphatic imine (C=N–C) groups is 1. The Morgan fingerprint density at radius 3 is 2.65 bits per heavy atom. The lowest BCUT2D eigenvalue weighted by Crippen LogP contribution is -2.46. The SMILES string of the molecule is CN=C(NCC1CCCN(C(C)C)C1)NC(C)c1ccccc1. The molecular weight excluding hydrogens is 284 g/mol. The molecule has 0 spiro atoms. The van der Waals surface area contributed by atoms with E-state index in [0.717, 1.165) is 12.5 Å². The third-order valence-electron chi connectivity index (χ3n) is 4.72. The van der Waals surface area contributed by atoms with Crippen LogP contribution in [0.5, 0.6) is 0 Å². The Morgan fingerprint density at radius 1 is 1.26 bits per heavy atom. The molecule has 1 aliphatic rings. The summed E-state index contributed by atoms with van der Waals surface area (Å²) < 4.78 is 0. The van der Waals surface area contributed by atoms with E-state index >= 15 is 0 Å². The molecule has 2 rings (SSSR count). The summed E-state index contributed by atoms with van der Waals surface area (Å²) in [5.41, 5.74) is 1.28. The standard InChI is InChI=1S/C19H32N4/c1-15(2)23-12-8-9-17(14-23)13-21-19(20-4)22-16(3)18-10-6-5-7-11-18/h5-7,10-11,15-17H,8-9,12-14H2,1-4H3,(H2,20,21,22). The molecule has 1 aromatic carbocycles. The molecule has 1 fully saturated rings. The predicted octanol–water partition coefficient (Wildman–Crippen LogP) is 3.03. The zero-order valence-electron chi connectivity index (χ0n) is 15.0. The van der Waals surface area contributed by atoms with Crippen LogP contribution in [0.3, 0.4) is 0 Å². The second kappa shape index (κ2) is 8.92. The first-order valence-electron chi connectivity index (χ1n) is 8.86. The number of piperidine rings is 1. The average Bonchev–Trinajstić information content (AvgIpc) is 2.59. The average molecular weight is 316 g/mol. The lowest BCUT2D eigenvalue weighted by atomic mass is 9.97. The highest BCUT2D eigenvalue weighted by Crippen LogP contribution is 2.17. The maximum Gasteiger partial charge on any atom is 0.191 e. The molecule has 0 aromatic heterocycles. The number of guanidine groups is 1. The highest BCUT2D eigenvalue weighted by Gasteiger charge is 2.21. The Bertz CT molecular complexity index is 483. The minimum atomic E-state index is 0.251.